The fourth-order valence-electron chi connectivity index (χ4n) is 5.84. The van der Waals surface area contributed by atoms with E-state index in [9.17, 15) is 0 Å². The van der Waals surface area contributed by atoms with E-state index in [4.69, 9.17) is 15.2 Å². The monoisotopic (exact) mass is 329 g/mol. The van der Waals surface area contributed by atoms with E-state index in [1.165, 1.54) is 12.8 Å². The van der Waals surface area contributed by atoms with Crippen molar-refractivity contribution in [3.63, 3.8) is 0 Å². The van der Waals surface area contributed by atoms with Crippen molar-refractivity contribution in [2.24, 2.45) is 28.4 Å². The van der Waals surface area contributed by atoms with Crippen LogP contribution in [-0.2, 0) is 9.47 Å². The Hall–Kier alpha value is -0.900. The highest BCUT2D eigenvalue weighted by molar-refractivity contribution is 5.20. The largest absolute Gasteiger partial charge is 0.349 e. The SMILES string of the molecule is C[C@H](O[C@H]1C[C@@H]2[C@H]3CC[C@@](C)([C@@H]2O1)C3(C)C)[C@H](N)c1ccccc1. The lowest BCUT2D eigenvalue weighted by molar-refractivity contribution is -0.186. The minimum atomic E-state index is -0.112. The molecule has 2 bridgehead atoms. The summed E-state index contributed by atoms with van der Waals surface area (Å²) in [7, 11) is 0. The van der Waals surface area contributed by atoms with Crippen molar-refractivity contribution in [2.75, 3.05) is 0 Å². The zero-order valence-corrected chi connectivity index (χ0v) is 15.4. The van der Waals surface area contributed by atoms with Gasteiger partial charge in [-0.15, -0.1) is 0 Å². The second-order valence-electron chi connectivity index (χ2n) is 8.95. The van der Waals surface area contributed by atoms with Crippen molar-refractivity contribution in [3.05, 3.63) is 35.9 Å². The van der Waals surface area contributed by atoms with Crippen molar-refractivity contribution in [1.29, 1.82) is 0 Å². The third kappa shape index (κ3) is 2.21. The van der Waals surface area contributed by atoms with Crippen LogP contribution in [0.3, 0.4) is 0 Å². The first kappa shape index (κ1) is 16.6. The second-order valence-corrected chi connectivity index (χ2v) is 8.95. The van der Waals surface area contributed by atoms with Crippen LogP contribution >= 0.6 is 0 Å². The highest BCUT2D eigenvalue weighted by atomic mass is 16.7. The van der Waals surface area contributed by atoms with Crippen LogP contribution in [0.2, 0.25) is 0 Å². The van der Waals surface area contributed by atoms with E-state index in [1.807, 2.05) is 18.2 Å². The fraction of sp³-hybridized carbons (Fsp3) is 0.714. The third-order valence-electron chi connectivity index (χ3n) is 7.73. The highest BCUT2D eigenvalue weighted by Gasteiger charge is 2.69. The molecule has 2 saturated carbocycles. The number of ether oxygens (including phenoxy) is 2. The molecule has 0 unspecified atom stereocenters. The third-order valence-corrected chi connectivity index (χ3v) is 7.73. The molecule has 1 heterocycles. The molecule has 3 fully saturated rings. The predicted molar refractivity (Wildman–Crippen MR) is 95.3 cm³/mol. The molecule has 3 aliphatic rings. The zero-order chi connectivity index (χ0) is 17.1. The molecule has 1 aromatic rings. The minimum Gasteiger partial charge on any atom is -0.349 e. The standard InChI is InChI=1S/C21H31NO2/c1-13(18(22)14-8-6-5-7-9-14)23-17-12-15-16-10-11-21(4,19(15)24-17)20(16,2)3/h5-9,13,15-19H,10-12,22H2,1-4H3/t13-,15+,16+,17+,18-,19+,21-/m0/s1. The lowest BCUT2D eigenvalue weighted by atomic mass is 9.70. The van der Waals surface area contributed by atoms with Crippen LogP contribution in [0.4, 0.5) is 0 Å². The van der Waals surface area contributed by atoms with Crippen LogP contribution in [0.5, 0.6) is 0 Å². The van der Waals surface area contributed by atoms with E-state index in [2.05, 4.69) is 39.8 Å². The average molecular weight is 329 g/mol. The Morgan fingerprint density at radius 1 is 1.21 bits per heavy atom. The van der Waals surface area contributed by atoms with E-state index in [1.54, 1.807) is 0 Å². The Bertz CT molecular complexity index is 601. The molecule has 2 N–H and O–H groups in total. The lowest BCUT2D eigenvalue weighted by Crippen LogP contribution is -2.38. The summed E-state index contributed by atoms with van der Waals surface area (Å²) in [5, 5.41) is 0. The van der Waals surface area contributed by atoms with Crippen molar-refractivity contribution >= 4 is 0 Å². The molecule has 7 atom stereocenters. The first-order valence-electron chi connectivity index (χ1n) is 9.46. The van der Waals surface area contributed by atoms with Gasteiger partial charge in [0.2, 0.25) is 0 Å². The molecule has 3 nitrogen and oxygen atoms in total. The summed E-state index contributed by atoms with van der Waals surface area (Å²) in [6.45, 7) is 9.38. The predicted octanol–water partition coefficient (Wildman–Crippen LogP) is 4.28. The minimum absolute atomic E-state index is 0.0466. The van der Waals surface area contributed by atoms with Gasteiger partial charge in [-0.3, -0.25) is 0 Å². The number of hydrogen-bond acceptors (Lipinski definition) is 3. The van der Waals surface area contributed by atoms with Gasteiger partial charge < -0.3 is 15.2 Å². The van der Waals surface area contributed by atoms with Gasteiger partial charge in [0.15, 0.2) is 6.29 Å². The molecule has 0 amide bonds. The molecule has 0 aromatic heterocycles. The highest BCUT2D eigenvalue weighted by Crippen LogP contribution is 2.71. The Labute approximate surface area is 145 Å². The second kappa shape index (κ2) is 5.55. The van der Waals surface area contributed by atoms with Gasteiger partial charge >= 0.3 is 0 Å². The van der Waals surface area contributed by atoms with Gasteiger partial charge in [-0.2, -0.15) is 0 Å². The van der Waals surface area contributed by atoms with Gasteiger partial charge in [-0.1, -0.05) is 51.1 Å². The van der Waals surface area contributed by atoms with Gasteiger partial charge in [0.25, 0.3) is 0 Å². The van der Waals surface area contributed by atoms with Crippen molar-refractivity contribution in [1.82, 2.24) is 0 Å². The quantitative estimate of drug-likeness (QED) is 0.897. The van der Waals surface area contributed by atoms with Gasteiger partial charge in [0, 0.05) is 6.42 Å². The van der Waals surface area contributed by atoms with Crippen molar-refractivity contribution in [2.45, 2.75) is 71.5 Å². The summed E-state index contributed by atoms with van der Waals surface area (Å²) in [5.74, 6) is 1.43. The van der Waals surface area contributed by atoms with Gasteiger partial charge in [-0.25, -0.2) is 0 Å². The molecule has 4 rings (SSSR count). The van der Waals surface area contributed by atoms with Crippen LogP contribution in [0, 0.1) is 22.7 Å². The number of fused-ring (bicyclic) bond motifs is 5. The van der Waals surface area contributed by atoms with Gasteiger partial charge in [0.05, 0.1) is 18.2 Å². The summed E-state index contributed by atoms with van der Waals surface area (Å²) in [5.41, 5.74) is 8.19. The molecule has 3 heteroatoms. The van der Waals surface area contributed by atoms with Crippen molar-refractivity contribution < 1.29 is 9.47 Å². The summed E-state index contributed by atoms with van der Waals surface area (Å²) in [6.07, 6.45) is 3.88. The van der Waals surface area contributed by atoms with Crippen LogP contribution in [0.1, 0.15) is 58.6 Å². The molecular formula is C21H31NO2. The summed E-state index contributed by atoms with van der Waals surface area (Å²) < 4.78 is 12.7. The fourth-order valence-corrected chi connectivity index (χ4v) is 5.84. The number of nitrogens with two attached hydrogens (primary N) is 1. The Morgan fingerprint density at radius 3 is 2.58 bits per heavy atom. The smallest absolute Gasteiger partial charge is 0.158 e. The Kier molecular flexibility index (Phi) is 3.83. The topological polar surface area (TPSA) is 44.5 Å². The van der Waals surface area contributed by atoms with Crippen LogP contribution in [-0.4, -0.2) is 18.5 Å². The number of benzene rings is 1. The first-order valence-corrected chi connectivity index (χ1v) is 9.46. The molecule has 24 heavy (non-hydrogen) atoms. The average Bonchev–Trinajstić information content (AvgIpc) is 3.12. The van der Waals surface area contributed by atoms with Gasteiger partial charge in [-0.05, 0) is 48.0 Å². The lowest BCUT2D eigenvalue weighted by Gasteiger charge is -2.39. The molecule has 1 aliphatic heterocycles. The molecule has 1 aromatic carbocycles. The maximum atomic E-state index is 6.44. The molecule has 2 aliphatic carbocycles. The Balaban J connectivity index is 1.42. The van der Waals surface area contributed by atoms with E-state index in [0.717, 1.165) is 17.9 Å². The molecule has 1 saturated heterocycles. The van der Waals surface area contributed by atoms with Gasteiger partial charge in [0.1, 0.15) is 0 Å². The Morgan fingerprint density at radius 2 is 1.92 bits per heavy atom. The van der Waals surface area contributed by atoms with Crippen LogP contribution < -0.4 is 5.73 Å². The number of hydrogen-bond donors (Lipinski definition) is 1. The molecule has 0 radical (unpaired) electrons. The molecular weight excluding hydrogens is 298 g/mol. The molecule has 0 spiro atoms. The van der Waals surface area contributed by atoms with E-state index in [0.29, 0.717) is 22.9 Å². The summed E-state index contributed by atoms with van der Waals surface area (Å²) in [6, 6.07) is 10.1. The summed E-state index contributed by atoms with van der Waals surface area (Å²) >= 11 is 0. The van der Waals surface area contributed by atoms with E-state index < -0.39 is 0 Å². The normalized spacial score (nSPS) is 42.0. The summed E-state index contributed by atoms with van der Waals surface area (Å²) in [4.78, 5) is 0. The maximum Gasteiger partial charge on any atom is 0.158 e. The first-order chi connectivity index (χ1) is 11.3. The van der Waals surface area contributed by atoms with Crippen LogP contribution in [0.25, 0.3) is 0 Å². The maximum absolute atomic E-state index is 6.44. The zero-order valence-electron chi connectivity index (χ0n) is 15.4. The van der Waals surface area contributed by atoms with Crippen LogP contribution in [0.15, 0.2) is 30.3 Å². The van der Waals surface area contributed by atoms with Crippen molar-refractivity contribution in [3.8, 4) is 0 Å². The van der Waals surface area contributed by atoms with E-state index in [-0.39, 0.29) is 18.4 Å². The van der Waals surface area contributed by atoms with E-state index >= 15 is 0 Å². The number of rotatable bonds is 4. The molecule has 132 valence electrons.